The largest absolute Gasteiger partial charge is 0.456 e. The summed E-state index contributed by atoms with van der Waals surface area (Å²) in [4.78, 5) is 33.4. The van der Waals surface area contributed by atoms with Crippen LogP contribution in [0.1, 0.15) is 32.6 Å². The molecule has 0 aromatic heterocycles. The van der Waals surface area contributed by atoms with Crippen LogP contribution in [-0.2, 0) is 19.1 Å². The number of amides is 1. The van der Waals surface area contributed by atoms with Gasteiger partial charge in [0.2, 0.25) is 0 Å². The Morgan fingerprint density at radius 2 is 2.06 bits per heavy atom. The number of hydrogen-bond acceptors (Lipinski definition) is 4. The molecule has 0 aliphatic heterocycles. The first kappa shape index (κ1) is 13.7. The smallest absolute Gasteiger partial charge is 0.306 e. The minimum atomic E-state index is -0.372. The van der Waals surface area contributed by atoms with E-state index in [4.69, 9.17) is 4.74 Å². The van der Waals surface area contributed by atoms with Crippen LogP contribution in [0.2, 0.25) is 0 Å². The van der Waals surface area contributed by atoms with Crippen molar-refractivity contribution < 1.29 is 19.1 Å². The molecule has 0 spiro atoms. The van der Waals surface area contributed by atoms with Gasteiger partial charge in [-0.1, -0.05) is 6.92 Å². The molecule has 2 unspecified atom stereocenters. The first-order valence-corrected chi connectivity index (χ1v) is 5.97. The van der Waals surface area contributed by atoms with Crippen LogP contribution in [0.5, 0.6) is 0 Å². The predicted octanol–water partition coefficient (Wildman–Crippen LogP) is 0.671. The standard InChI is InChI=1S/C12H19NO4/c1-3-10(14)9-6-8(9)4-5-12(16)17-7-11(15)13-2/h8-9H,3-7H2,1-2H3,(H,13,15). The first-order chi connectivity index (χ1) is 8.08. The van der Waals surface area contributed by atoms with E-state index in [2.05, 4.69) is 5.32 Å². The molecule has 0 aromatic carbocycles. The van der Waals surface area contributed by atoms with Crippen molar-refractivity contribution in [3.05, 3.63) is 0 Å². The molecule has 17 heavy (non-hydrogen) atoms. The molecule has 96 valence electrons. The summed E-state index contributed by atoms with van der Waals surface area (Å²) in [6.07, 6.45) is 2.44. The zero-order valence-electron chi connectivity index (χ0n) is 10.3. The van der Waals surface area contributed by atoms with E-state index in [9.17, 15) is 14.4 Å². The van der Waals surface area contributed by atoms with E-state index in [1.165, 1.54) is 7.05 Å². The zero-order valence-corrected chi connectivity index (χ0v) is 10.3. The summed E-state index contributed by atoms with van der Waals surface area (Å²) in [7, 11) is 1.49. The highest BCUT2D eigenvalue weighted by atomic mass is 16.5. The molecule has 0 aromatic rings. The molecule has 5 nitrogen and oxygen atoms in total. The van der Waals surface area contributed by atoms with Crippen LogP contribution in [0.4, 0.5) is 0 Å². The van der Waals surface area contributed by atoms with E-state index in [0.717, 1.165) is 6.42 Å². The third-order valence-electron chi connectivity index (χ3n) is 3.05. The molecule has 1 aliphatic carbocycles. The van der Waals surface area contributed by atoms with Crippen molar-refractivity contribution >= 4 is 17.7 Å². The van der Waals surface area contributed by atoms with Gasteiger partial charge < -0.3 is 10.1 Å². The molecule has 1 aliphatic rings. The van der Waals surface area contributed by atoms with Crippen LogP contribution in [0.25, 0.3) is 0 Å². The summed E-state index contributed by atoms with van der Waals surface area (Å²) < 4.78 is 4.76. The number of ketones is 1. The van der Waals surface area contributed by atoms with E-state index < -0.39 is 0 Å². The number of carbonyl (C=O) groups excluding carboxylic acids is 3. The van der Waals surface area contributed by atoms with E-state index in [1.54, 1.807) is 0 Å². The van der Waals surface area contributed by atoms with Gasteiger partial charge in [-0.25, -0.2) is 0 Å². The van der Waals surface area contributed by atoms with Gasteiger partial charge in [-0.3, -0.25) is 14.4 Å². The Morgan fingerprint density at radius 1 is 1.35 bits per heavy atom. The fourth-order valence-electron chi connectivity index (χ4n) is 1.82. The van der Waals surface area contributed by atoms with Gasteiger partial charge in [0.25, 0.3) is 5.91 Å². The number of ether oxygens (including phenoxy) is 1. The number of esters is 1. The second kappa shape index (κ2) is 6.37. The highest BCUT2D eigenvalue weighted by molar-refractivity contribution is 5.83. The third-order valence-corrected chi connectivity index (χ3v) is 3.05. The van der Waals surface area contributed by atoms with Crippen molar-refractivity contribution in [3.63, 3.8) is 0 Å². The molecular weight excluding hydrogens is 222 g/mol. The van der Waals surface area contributed by atoms with Gasteiger partial charge in [-0.15, -0.1) is 0 Å². The van der Waals surface area contributed by atoms with Crippen LogP contribution in [0, 0.1) is 11.8 Å². The average Bonchev–Trinajstić information content (AvgIpc) is 3.11. The van der Waals surface area contributed by atoms with Gasteiger partial charge in [0, 0.05) is 25.8 Å². The number of likely N-dealkylation sites (N-methyl/N-ethyl adjacent to an activating group) is 1. The number of Topliss-reactive ketones (excluding diaryl/α,β-unsaturated/α-hetero) is 1. The fraction of sp³-hybridized carbons (Fsp3) is 0.750. The molecule has 1 amide bonds. The highest BCUT2D eigenvalue weighted by Crippen LogP contribution is 2.43. The van der Waals surface area contributed by atoms with Crippen molar-refractivity contribution in [2.75, 3.05) is 13.7 Å². The zero-order chi connectivity index (χ0) is 12.8. The Balaban J connectivity index is 2.10. The molecule has 0 bridgehead atoms. The molecular formula is C12H19NO4. The van der Waals surface area contributed by atoms with E-state index in [-0.39, 0.29) is 36.6 Å². The maximum absolute atomic E-state index is 11.3. The molecule has 1 saturated carbocycles. The van der Waals surface area contributed by atoms with Gasteiger partial charge in [0.15, 0.2) is 6.61 Å². The second-order valence-electron chi connectivity index (χ2n) is 4.29. The lowest BCUT2D eigenvalue weighted by Gasteiger charge is -2.03. The highest BCUT2D eigenvalue weighted by Gasteiger charge is 2.41. The van der Waals surface area contributed by atoms with Crippen LogP contribution in [0.15, 0.2) is 0 Å². The summed E-state index contributed by atoms with van der Waals surface area (Å²) in [6.45, 7) is 1.63. The molecule has 0 heterocycles. The predicted molar refractivity (Wildman–Crippen MR) is 61.2 cm³/mol. The van der Waals surface area contributed by atoms with Gasteiger partial charge in [-0.2, -0.15) is 0 Å². The molecule has 1 rings (SSSR count). The van der Waals surface area contributed by atoms with Crippen molar-refractivity contribution in [3.8, 4) is 0 Å². The summed E-state index contributed by atoms with van der Waals surface area (Å²) >= 11 is 0. The topological polar surface area (TPSA) is 72.5 Å². The van der Waals surface area contributed by atoms with Crippen LogP contribution in [-0.4, -0.2) is 31.3 Å². The lowest BCUT2D eigenvalue weighted by Crippen LogP contribution is -2.25. The van der Waals surface area contributed by atoms with Crippen LogP contribution < -0.4 is 5.32 Å². The third kappa shape index (κ3) is 4.54. The average molecular weight is 241 g/mol. The fourth-order valence-corrected chi connectivity index (χ4v) is 1.82. The number of nitrogens with one attached hydrogen (secondary N) is 1. The number of carbonyl (C=O) groups is 3. The first-order valence-electron chi connectivity index (χ1n) is 5.97. The molecule has 2 atom stereocenters. The summed E-state index contributed by atoms with van der Waals surface area (Å²) in [5.41, 5.74) is 0. The van der Waals surface area contributed by atoms with Crippen molar-refractivity contribution in [2.45, 2.75) is 32.6 Å². The van der Waals surface area contributed by atoms with Crippen molar-refractivity contribution in [1.82, 2.24) is 5.32 Å². The quantitative estimate of drug-likeness (QED) is 0.665. The minimum absolute atomic E-state index is 0.159. The number of hydrogen-bond donors (Lipinski definition) is 1. The molecule has 1 fully saturated rings. The Morgan fingerprint density at radius 3 is 2.65 bits per heavy atom. The number of rotatable bonds is 7. The van der Waals surface area contributed by atoms with E-state index in [1.807, 2.05) is 6.92 Å². The Hall–Kier alpha value is -1.39. The normalized spacial score (nSPS) is 21.8. The lowest BCUT2D eigenvalue weighted by molar-refractivity contribution is -0.148. The summed E-state index contributed by atoms with van der Waals surface area (Å²) in [5, 5.41) is 2.37. The molecule has 0 saturated heterocycles. The van der Waals surface area contributed by atoms with Crippen LogP contribution >= 0.6 is 0 Å². The lowest BCUT2D eigenvalue weighted by atomic mass is 10.1. The van der Waals surface area contributed by atoms with Crippen LogP contribution in [0.3, 0.4) is 0 Å². The van der Waals surface area contributed by atoms with Crippen molar-refractivity contribution in [2.24, 2.45) is 11.8 Å². The summed E-state index contributed by atoms with van der Waals surface area (Å²) in [6, 6.07) is 0. The SMILES string of the molecule is CCC(=O)C1CC1CCC(=O)OCC(=O)NC. The van der Waals surface area contributed by atoms with Gasteiger partial charge >= 0.3 is 5.97 Å². The van der Waals surface area contributed by atoms with E-state index in [0.29, 0.717) is 18.8 Å². The Bertz CT molecular complexity index is 314. The molecule has 1 N–H and O–H groups in total. The maximum atomic E-state index is 11.3. The monoisotopic (exact) mass is 241 g/mol. The van der Waals surface area contributed by atoms with Gasteiger partial charge in [0.1, 0.15) is 5.78 Å². The Labute approximate surface area is 101 Å². The molecule has 5 heteroatoms. The van der Waals surface area contributed by atoms with E-state index >= 15 is 0 Å². The van der Waals surface area contributed by atoms with Gasteiger partial charge in [-0.05, 0) is 18.8 Å². The summed E-state index contributed by atoms with van der Waals surface area (Å²) in [5.74, 6) is 0.0995. The minimum Gasteiger partial charge on any atom is -0.456 e. The van der Waals surface area contributed by atoms with Crippen molar-refractivity contribution in [1.29, 1.82) is 0 Å². The second-order valence-corrected chi connectivity index (χ2v) is 4.29. The maximum Gasteiger partial charge on any atom is 0.306 e. The van der Waals surface area contributed by atoms with Gasteiger partial charge in [0.05, 0.1) is 0 Å². The molecule has 0 radical (unpaired) electrons. The Kier molecular flexibility index (Phi) is 5.12.